The molecule has 0 spiro atoms. The topological polar surface area (TPSA) is 20.2 Å². The van der Waals surface area contributed by atoms with Crippen molar-refractivity contribution in [3.8, 4) is 11.1 Å². The van der Waals surface area contributed by atoms with Crippen molar-refractivity contribution >= 4 is 0 Å². The van der Waals surface area contributed by atoms with Crippen LogP contribution in [0.15, 0.2) is 54.6 Å². The summed E-state index contributed by atoms with van der Waals surface area (Å²) in [6.45, 7) is 2.00. The molecule has 0 aliphatic carbocycles. The Morgan fingerprint density at radius 2 is 1.47 bits per heavy atom. The normalized spacial score (nSPS) is 12.4. The predicted octanol–water partition coefficient (Wildman–Crippen LogP) is 3.67. The van der Waals surface area contributed by atoms with Gasteiger partial charge in [-0.05, 0) is 29.5 Å². The van der Waals surface area contributed by atoms with Crippen LogP contribution in [0.25, 0.3) is 11.1 Å². The SMILES string of the molecule is CC[C@H](O)Cc1ccc(-c2ccccc2)cc1. The third-order valence-electron chi connectivity index (χ3n) is 3.00. The van der Waals surface area contributed by atoms with Crippen molar-refractivity contribution in [2.75, 3.05) is 0 Å². The molecule has 17 heavy (non-hydrogen) atoms. The fourth-order valence-electron chi connectivity index (χ4n) is 1.88. The summed E-state index contributed by atoms with van der Waals surface area (Å²) in [5.41, 5.74) is 3.65. The van der Waals surface area contributed by atoms with Crippen molar-refractivity contribution in [2.45, 2.75) is 25.9 Å². The monoisotopic (exact) mass is 226 g/mol. The van der Waals surface area contributed by atoms with Gasteiger partial charge in [-0.25, -0.2) is 0 Å². The van der Waals surface area contributed by atoms with Gasteiger partial charge in [0.25, 0.3) is 0 Å². The van der Waals surface area contributed by atoms with E-state index in [0.29, 0.717) is 0 Å². The van der Waals surface area contributed by atoms with Crippen molar-refractivity contribution in [3.63, 3.8) is 0 Å². The van der Waals surface area contributed by atoms with Gasteiger partial charge in [0.15, 0.2) is 0 Å². The highest BCUT2D eigenvalue weighted by atomic mass is 16.3. The molecule has 2 aromatic carbocycles. The van der Waals surface area contributed by atoms with Gasteiger partial charge in [0.05, 0.1) is 6.10 Å². The fraction of sp³-hybridized carbons (Fsp3) is 0.250. The first-order valence-electron chi connectivity index (χ1n) is 6.12. The highest BCUT2D eigenvalue weighted by Gasteiger charge is 2.03. The zero-order valence-electron chi connectivity index (χ0n) is 10.1. The van der Waals surface area contributed by atoms with Gasteiger partial charge in [-0.3, -0.25) is 0 Å². The third-order valence-corrected chi connectivity index (χ3v) is 3.00. The lowest BCUT2D eigenvalue weighted by molar-refractivity contribution is 0.171. The largest absolute Gasteiger partial charge is 0.393 e. The van der Waals surface area contributed by atoms with Gasteiger partial charge in [0.2, 0.25) is 0 Å². The molecule has 0 aliphatic heterocycles. The minimum atomic E-state index is -0.224. The summed E-state index contributed by atoms with van der Waals surface area (Å²) in [6.07, 6.45) is 1.32. The first kappa shape index (κ1) is 11.9. The Morgan fingerprint density at radius 3 is 2.06 bits per heavy atom. The Morgan fingerprint density at radius 1 is 0.882 bits per heavy atom. The predicted molar refractivity (Wildman–Crippen MR) is 71.9 cm³/mol. The van der Waals surface area contributed by atoms with Crippen LogP contribution in [0.4, 0.5) is 0 Å². The van der Waals surface area contributed by atoms with Gasteiger partial charge in [0, 0.05) is 0 Å². The molecule has 0 aliphatic rings. The van der Waals surface area contributed by atoms with E-state index in [0.717, 1.165) is 12.8 Å². The third kappa shape index (κ3) is 3.18. The maximum atomic E-state index is 9.60. The Balaban J connectivity index is 2.13. The molecule has 0 fully saturated rings. The maximum absolute atomic E-state index is 9.60. The molecule has 1 heteroatoms. The molecular weight excluding hydrogens is 208 g/mol. The summed E-state index contributed by atoms with van der Waals surface area (Å²) >= 11 is 0. The second-order valence-electron chi connectivity index (χ2n) is 4.33. The quantitative estimate of drug-likeness (QED) is 0.843. The smallest absolute Gasteiger partial charge is 0.0577 e. The summed E-state index contributed by atoms with van der Waals surface area (Å²) in [7, 11) is 0. The van der Waals surface area contributed by atoms with Crippen molar-refractivity contribution in [1.82, 2.24) is 0 Å². The van der Waals surface area contributed by atoms with E-state index in [1.165, 1.54) is 16.7 Å². The zero-order valence-corrected chi connectivity index (χ0v) is 10.1. The van der Waals surface area contributed by atoms with E-state index in [4.69, 9.17) is 0 Å². The first-order chi connectivity index (χ1) is 8.29. The van der Waals surface area contributed by atoms with Crippen LogP contribution in [0.5, 0.6) is 0 Å². The van der Waals surface area contributed by atoms with Crippen LogP contribution in [-0.4, -0.2) is 11.2 Å². The van der Waals surface area contributed by atoms with E-state index < -0.39 is 0 Å². The van der Waals surface area contributed by atoms with Crippen LogP contribution in [0.2, 0.25) is 0 Å². The van der Waals surface area contributed by atoms with Gasteiger partial charge in [-0.15, -0.1) is 0 Å². The minimum Gasteiger partial charge on any atom is -0.393 e. The van der Waals surface area contributed by atoms with Crippen LogP contribution >= 0.6 is 0 Å². The van der Waals surface area contributed by atoms with E-state index in [2.05, 4.69) is 36.4 Å². The lowest BCUT2D eigenvalue weighted by atomic mass is 10.0. The number of rotatable bonds is 4. The number of hydrogen-bond acceptors (Lipinski definition) is 1. The van der Waals surface area contributed by atoms with Gasteiger partial charge in [-0.2, -0.15) is 0 Å². The van der Waals surface area contributed by atoms with Gasteiger partial charge >= 0.3 is 0 Å². The highest BCUT2D eigenvalue weighted by Crippen LogP contribution is 2.19. The van der Waals surface area contributed by atoms with Gasteiger partial charge in [-0.1, -0.05) is 61.5 Å². The molecule has 2 rings (SSSR count). The van der Waals surface area contributed by atoms with Crippen molar-refractivity contribution < 1.29 is 5.11 Å². The van der Waals surface area contributed by atoms with E-state index in [9.17, 15) is 5.11 Å². The summed E-state index contributed by atoms with van der Waals surface area (Å²) in [5.74, 6) is 0. The molecule has 0 heterocycles. The average molecular weight is 226 g/mol. The minimum absolute atomic E-state index is 0.224. The Bertz CT molecular complexity index is 445. The van der Waals surface area contributed by atoms with E-state index in [1.54, 1.807) is 0 Å². The van der Waals surface area contributed by atoms with Crippen molar-refractivity contribution in [1.29, 1.82) is 0 Å². The van der Waals surface area contributed by atoms with Gasteiger partial charge < -0.3 is 5.11 Å². The molecule has 0 saturated heterocycles. The summed E-state index contributed by atoms with van der Waals surface area (Å²) in [6, 6.07) is 18.8. The Hall–Kier alpha value is -1.60. The van der Waals surface area contributed by atoms with Crippen LogP contribution < -0.4 is 0 Å². The molecule has 0 bridgehead atoms. The second kappa shape index (κ2) is 5.65. The molecule has 0 aromatic heterocycles. The standard InChI is InChI=1S/C16H18O/c1-2-16(17)12-13-8-10-15(11-9-13)14-6-4-3-5-7-14/h3-11,16-17H,2,12H2,1H3/t16-/m0/s1. The molecule has 88 valence electrons. The fourth-order valence-corrected chi connectivity index (χ4v) is 1.88. The molecule has 1 nitrogen and oxygen atoms in total. The summed E-state index contributed by atoms with van der Waals surface area (Å²) in [5, 5.41) is 9.60. The zero-order chi connectivity index (χ0) is 12.1. The van der Waals surface area contributed by atoms with Crippen LogP contribution in [0, 0.1) is 0 Å². The van der Waals surface area contributed by atoms with Crippen molar-refractivity contribution in [3.05, 3.63) is 60.2 Å². The molecule has 0 unspecified atom stereocenters. The molecule has 1 N–H and O–H groups in total. The first-order valence-corrected chi connectivity index (χ1v) is 6.12. The number of aliphatic hydroxyl groups excluding tert-OH is 1. The van der Waals surface area contributed by atoms with Crippen molar-refractivity contribution in [2.24, 2.45) is 0 Å². The molecule has 0 amide bonds. The summed E-state index contributed by atoms with van der Waals surface area (Å²) in [4.78, 5) is 0. The van der Waals surface area contributed by atoms with Crippen LogP contribution in [0.1, 0.15) is 18.9 Å². The maximum Gasteiger partial charge on any atom is 0.0577 e. The van der Waals surface area contributed by atoms with E-state index >= 15 is 0 Å². The van der Waals surface area contributed by atoms with E-state index in [-0.39, 0.29) is 6.10 Å². The molecule has 0 saturated carbocycles. The molecule has 1 atom stereocenters. The van der Waals surface area contributed by atoms with Crippen LogP contribution in [0.3, 0.4) is 0 Å². The van der Waals surface area contributed by atoms with E-state index in [1.807, 2.05) is 25.1 Å². The molecule has 0 radical (unpaired) electrons. The number of benzene rings is 2. The lowest BCUT2D eigenvalue weighted by Gasteiger charge is -2.08. The number of aliphatic hydroxyl groups is 1. The molecule has 2 aromatic rings. The molecular formula is C16H18O. The lowest BCUT2D eigenvalue weighted by Crippen LogP contribution is -2.07. The highest BCUT2D eigenvalue weighted by molar-refractivity contribution is 5.63. The summed E-state index contributed by atoms with van der Waals surface area (Å²) < 4.78 is 0. The Labute approximate surface area is 103 Å². The Kier molecular flexibility index (Phi) is 3.94. The number of hydrogen-bond donors (Lipinski definition) is 1. The second-order valence-corrected chi connectivity index (χ2v) is 4.33. The average Bonchev–Trinajstić information content (AvgIpc) is 2.40. The van der Waals surface area contributed by atoms with Crippen LogP contribution in [-0.2, 0) is 6.42 Å². The van der Waals surface area contributed by atoms with Gasteiger partial charge in [0.1, 0.15) is 0 Å².